The van der Waals surface area contributed by atoms with Crippen molar-refractivity contribution in [3.8, 4) is 0 Å². The number of nitrogens with zero attached hydrogens (tertiary/aromatic N) is 2. The first-order chi connectivity index (χ1) is 16.9. The van der Waals surface area contributed by atoms with E-state index in [1.165, 1.54) is 28.9 Å². The maximum Gasteiger partial charge on any atom is 0.264 e. The minimum Gasteiger partial charge on any atom is -0.375 e. The molecule has 6 heteroatoms. The first-order valence-corrected chi connectivity index (χ1v) is 12.6. The van der Waals surface area contributed by atoms with E-state index in [1.54, 1.807) is 11.0 Å². The van der Waals surface area contributed by atoms with Crippen molar-refractivity contribution in [3.05, 3.63) is 77.4 Å². The van der Waals surface area contributed by atoms with Gasteiger partial charge < -0.3 is 15.3 Å². The van der Waals surface area contributed by atoms with Crippen LogP contribution in [0.25, 0.3) is 10.8 Å². The molecule has 0 saturated carbocycles. The van der Waals surface area contributed by atoms with Crippen LogP contribution in [-0.4, -0.2) is 48.0 Å². The predicted octanol–water partition coefficient (Wildman–Crippen LogP) is 3.83. The van der Waals surface area contributed by atoms with Gasteiger partial charge in [-0.05, 0) is 40.8 Å². The molecular formula is C29H31N3O3. The second-order valence-corrected chi connectivity index (χ2v) is 10.2. The molecule has 2 heterocycles. The zero-order valence-electron chi connectivity index (χ0n) is 20.2. The fourth-order valence-corrected chi connectivity index (χ4v) is 6.71. The minimum atomic E-state index is -1.81. The number of carbonyl (C=O) groups is 2. The highest BCUT2D eigenvalue weighted by molar-refractivity contribution is 6.09. The minimum absolute atomic E-state index is 0.00603. The van der Waals surface area contributed by atoms with Crippen LogP contribution in [0.15, 0.2) is 60.7 Å². The number of piperidine rings is 1. The number of nitrogens with one attached hydrogen (secondary N) is 1. The van der Waals surface area contributed by atoms with Gasteiger partial charge in [-0.1, -0.05) is 61.5 Å². The number of carbonyl (C=O) groups excluding carboxylic acids is 2. The maximum absolute atomic E-state index is 13.6. The van der Waals surface area contributed by atoms with Crippen molar-refractivity contribution < 1.29 is 14.7 Å². The van der Waals surface area contributed by atoms with E-state index in [2.05, 4.69) is 53.5 Å². The average Bonchev–Trinajstić information content (AvgIpc) is 3.29. The van der Waals surface area contributed by atoms with Gasteiger partial charge in [0.15, 0.2) is 5.60 Å². The molecule has 3 aliphatic rings. The smallest absolute Gasteiger partial charge is 0.264 e. The number of hydrogen-bond donors (Lipinski definition) is 2. The monoisotopic (exact) mass is 469 g/mol. The van der Waals surface area contributed by atoms with Crippen molar-refractivity contribution >= 4 is 28.3 Å². The van der Waals surface area contributed by atoms with E-state index in [4.69, 9.17) is 0 Å². The van der Waals surface area contributed by atoms with E-state index in [-0.39, 0.29) is 24.3 Å². The Morgan fingerprint density at radius 3 is 2.43 bits per heavy atom. The third-order valence-electron chi connectivity index (χ3n) is 8.39. The largest absolute Gasteiger partial charge is 0.375 e. The topological polar surface area (TPSA) is 72.9 Å². The summed E-state index contributed by atoms with van der Waals surface area (Å²) in [6.07, 6.45) is 1.38. The van der Waals surface area contributed by atoms with Gasteiger partial charge in [-0.3, -0.25) is 14.5 Å². The molecule has 6 rings (SSSR count). The molecule has 3 aromatic carbocycles. The molecule has 1 fully saturated rings. The molecule has 2 aliphatic heterocycles. The quantitative estimate of drug-likeness (QED) is 0.609. The summed E-state index contributed by atoms with van der Waals surface area (Å²) in [5, 5.41) is 16.6. The van der Waals surface area contributed by atoms with Gasteiger partial charge in [0.2, 0.25) is 5.91 Å². The van der Waals surface area contributed by atoms with Crippen molar-refractivity contribution in [2.75, 3.05) is 25.0 Å². The van der Waals surface area contributed by atoms with Crippen LogP contribution >= 0.6 is 0 Å². The molecular weight excluding hydrogens is 438 g/mol. The molecule has 2 N–H and O–H groups in total. The Kier molecular flexibility index (Phi) is 5.20. The predicted molar refractivity (Wildman–Crippen MR) is 136 cm³/mol. The van der Waals surface area contributed by atoms with Crippen molar-refractivity contribution in [1.82, 2.24) is 10.2 Å². The Labute approximate surface area is 205 Å². The summed E-state index contributed by atoms with van der Waals surface area (Å²) >= 11 is 0. The van der Waals surface area contributed by atoms with Crippen LogP contribution in [0.2, 0.25) is 0 Å². The molecule has 3 aromatic rings. The van der Waals surface area contributed by atoms with Crippen LogP contribution in [0.1, 0.15) is 54.8 Å². The molecule has 35 heavy (non-hydrogen) atoms. The average molecular weight is 470 g/mol. The molecule has 180 valence electrons. The molecule has 6 nitrogen and oxygen atoms in total. The van der Waals surface area contributed by atoms with Gasteiger partial charge in [0.1, 0.15) is 0 Å². The third-order valence-corrected chi connectivity index (χ3v) is 8.39. The molecule has 0 aromatic heterocycles. The number of amides is 2. The Balaban J connectivity index is 1.25. The number of aliphatic hydroxyl groups is 1. The number of hydrogen-bond acceptors (Lipinski definition) is 4. The molecule has 2 amide bonds. The Morgan fingerprint density at radius 1 is 1.03 bits per heavy atom. The molecule has 0 bridgehead atoms. The Morgan fingerprint density at radius 2 is 1.71 bits per heavy atom. The van der Waals surface area contributed by atoms with Gasteiger partial charge in [0.25, 0.3) is 5.91 Å². The molecule has 2 unspecified atom stereocenters. The number of anilines is 1. The summed E-state index contributed by atoms with van der Waals surface area (Å²) in [5.41, 5.74) is 2.28. The van der Waals surface area contributed by atoms with Crippen molar-refractivity contribution in [2.24, 2.45) is 0 Å². The van der Waals surface area contributed by atoms with E-state index >= 15 is 0 Å². The molecule has 1 aliphatic carbocycles. The maximum atomic E-state index is 13.6. The molecule has 0 radical (unpaired) electrons. The van der Waals surface area contributed by atoms with Crippen molar-refractivity contribution in [2.45, 2.75) is 49.8 Å². The summed E-state index contributed by atoms with van der Waals surface area (Å²) in [6.45, 7) is 4.08. The number of para-hydroxylation sites is 1. The van der Waals surface area contributed by atoms with Gasteiger partial charge in [-0.2, -0.15) is 0 Å². The SMILES string of the molecule is CNC(=O)CC1(O)C(=O)N(C2CCN([C@H]3c4cccc5cccc(c45)C3C)CC2)c2ccccc21. The first-order valence-electron chi connectivity index (χ1n) is 12.6. The van der Waals surface area contributed by atoms with Gasteiger partial charge >= 0.3 is 0 Å². The highest BCUT2D eigenvalue weighted by Crippen LogP contribution is 2.50. The van der Waals surface area contributed by atoms with Crippen LogP contribution in [-0.2, 0) is 15.2 Å². The number of fused-ring (bicyclic) bond motifs is 1. The summed E-state index contributed by atoms with van der Waals surface area (Å²) in [5.74, 6) is -0.317. The van der Waals surface area contributed by atoms with Gasteiger partial charge in [0, 0.05) is 43.7 Å². The lowest BCUT2D eigenvalue weighted by Gasteiger charge is -2.41. The first kappa shape index (κ1) is 22.3. The van der Waals surface area contributed by atoms with Gasteiger partial charge in [0.05, 0.1) is 12.1 Å². The van der Waals surface area contributed by atoms with Gasteiger partial charge in [-0.25, -0.2) is 0 Å². The van der Waals surface area contributed by atoms with E-state index in [1.807, 2.05) is 18.2 Å². The molecule has 0 spiro atoms. The fraction of sp³-hybridized carbons (Fsp3) is 0.379. The summed E-state index contributed by atoms with van der Waals surface area (Å²) in [4.78, 5) is 30.1. The second-order valence-electron chi connectivity index (χ2n) is 10.2. The lowest BCUT2D eigenvalue weighted by molar-refractivity contribution is -0.143. The van der Waals surface area contributed by atoms with Crippen LogP contribution in [0, 0.1) is 0 Å². The highest BCUT2D eigenvalue weighted by atomic mass is 16.3. The fourth-order valence-electron chi connectivity index (χ4n) is 6.71. The molecule has 1 saturated heterocycles. The van der Waals surface area contributed by atoms with E-state index in [0.29, 0.717) is 17.5 Å². The van der Waals surface area contributed by atoms with Crippen LogP contribution < -0.4 is 10.2 Å². The third kappa shape index (κ3) is 3.23. The lowest BCUT2D eigenvalue weighted by atomic mass is 9.91. The highest BCUT2D eigenvalue weighted by Gasteiger charge is 2.53. The number of likely N-dealkylation sites (tertiary alicyclic amines) is 1. The van der Waals surface area contributed by atoms with Gasteiger partial charge in [-0.15, -0.1) is 0 Å². The summed E-state index contributed by atoms with van der Waals surface area (Å²) in [6, 6.07) is 20.9. The van der Waals surface area contributed by atoms with Crippen LogP contribution in [0.5, 0.6) is 0 Å². The lowest BCUT2D eigenvalue weighted by Crippen LogP contribution is -2.51. The van der Waals surface area contributed by atoms with Crippen LogP contribution in [0.3, 0.4) is 0 Å². The standard InChI is InChI=1S/C29H31N3O3/c1-18-21-9-5-7-19-8-6-10-22(26(19)21)27(18)31-15-13-20(14-16-31)32-24-12-4-3-11-23(24)29(35,28(32)34)17-25(33)30-2/h3-12,18,20,27,35H,13-17H2,1-2H3,(H,30,33)/t18?,27-,29?/m1/s1. The molecule has 3 atom stereocenters. The Bertz CT molecular complexity index is 1320. The number of rotatable bonds is 4. The van der Waals surface area contributed by atoms with E-state index in [9.17, 15) is 14.7 Å². The second kappa shape index (κ2) is 8.18. The van der Waals surface area contributed by atoms with E-state index < -0.39 is 5.60 Å². The zero-order valence-corrected chi connectivity index (χ0v) is 20.2. The van der Waals surface area contributed by atoms with Crippen LogP contribution in [0.4, 0.5) is 5.69 Å². The number of benzene rings is 3. The Hall–Kier alpha value is -3.22. The summed E-state index contributed by atoms with van der Waals surface area (Å²) < 4.78 is 0. The normalized spacial score (nSPS) is 26.4. The summed E-state index contributed by atoms with van der Waals surface area (Å²) in [7, 11) is 1.52. The van der Waals surface area contributed by atoms with E-state index in [0.717, 1.165) is 31.6 Å². The van der Waals surface area contributed by atoms with Crippen molar-refractivity contribution in [1.29, 1.82) is 0 Å². The van der Waals surface area contributed by atoms with Crippen molar-refractivity contribution in [3.63, 3.8) is 0 Å². The zero-order chi connectivity index (χ0) is 24.3.